The third kappa shape index (κ3) is 3.75. The van der Waals surface area contributed by atoms with Crippen LogP contribution in [-0.2, 0) is 0 Å². The summed E-state index contributed by atoms with van der Waals surface area (Å²) in [4.78, 5) is 4.38. The van der Waals surface area contributed by atoms with Crippen LogP contribution in [-0.4, -0.2) is 24.9 Å². The van der Waals surface area contributed by atoms with Crippen molar-refractivity contribution in [3.8, 4) is 5.75 Å². The number of para-hydroxylation sites is 1. The van der Waals surface area contributed by atoms with Gasteiger partial charge in [-0.2, -0.15) is 0 Å². The molecule has 0 aliphatic carbocycles. The molecule has 1 unspecified atom stereocenters. The van der Waals surface area contributed by atoms with Crippen molar-refractivity contribution in [1.82, 2.24) is 10.3 Å². The summed E-state index contributed by atoms with van der Waals surface area (Å²) in [5, 5.41) is 4.34. The van der Waals surface area contributed by atoms with Gasteiger partial charge in [-0.15, -0.1) is 11.8 Å². The first-order chi connectivity index (χ1) is 9.76. The molecule has 1 aromatic carbocycles. The lowest BCUT2D eigenvalue weighted by atomic mass is 10.1. The number of nitrogens with one attached hydrogen (secondary N) is 1. The van der Waals surface area contributed by atoms with E-state index < -0.39 is 0 Å². The van der Waals surface area contributed by atoms with Crippen molar-refractivity contribution in [3.05, 3.63) is 52.6 Å². The third-order valence-corrected chi connectivity index (χ3v) is 4.98. The smallest absolute Gasteiger partial charge is 0.123 e. The van der Waals surface area contributed by atoms with Gasteiger partial charge in [-0.3, -0.25) is 0 Å². The highest BCUT2D eigenvalue weighted by molar-refractivity contribution is 9.10. The molecule has 2 rings (SSSR count). The average molecular weight is 353 g/mol. The number of halogens is 1. The van der Waals surface area contributed by atoms with E-state index in [-0.39, 0.29) is 6.04 Å². The highest BCUT2D eigenvalue weighted by Crippen LogP contribution is 2.31. The molecule has 1 N–H and O–H groups in total. The topological polar surface area (TPSA) is 34.2 Å². The van der Waals surface area contributed by atoms with E-state index in [1.54, 1.807) is 18.9 Å². The van der Waals surface area contributed by atoms with Gasteiger partial charge >= 0.3 is 0 Å². The van der Waals surface area contributed by atoms with Gasteiger partial charge < -0.3 is 10.1 Å². The van der Waals surface area contributed by atoms with Crippen LogP contribution in [0.4, 0.5) is 0 Å². The monoisotopic (exact) mass is 352 g/mol. The van der Waals surface area contributed by atoms with E-state index in [1.165, 1.54) is 0 Å². The summed E-state index contributed by atoms with van der Waals surface area (Å²) in [5.74, 6) is 1.79. The maximum Gasteiger partial charge on any atom is 0.123 e. The molecule has 1 heterocycles. The molecule has 1 aromatic heterocycles. The van der Waals surface area contributed by atoms with Crippen molar-refractivity contribution in [2.75, 3.05) is 19.9 Å². The molecule has 0 fully saturated rings. The van der Waals surface area contributed by atoms with Crippen molar-refractivity contribution in [3.63, 3.8) is 0 Å². The zero-order valence-corrected chi connectivity index (χ0v) is 13.9. The molecular formula is C15H17BrN2OS. The predicted octanol–water partition coefficient (Wildman–Crippen LogP) is 3.91. The standard InChI is InChI=1S/C15H17BrN2OS/c1-17-13(11-6-3-4-8-14(11)19-2)10-20-15-12(16)7-5-9-18-15/h3-9,13,17H,10H2,1-2H3. The SMILES string of the molecule is CNC(CSc1ncccc1Br)c1ccccc1OC. The van der Waals surface area contributed by atoms with Gasteiger partial charge in [0.1, 0.15) is 10.8 Å². The molecule has 0 aliphatic heterocycles. The van der Waals surface area contributed by atoms with E-state index in [2.05, 4.69) is 32.3 Å². The Hall–Kier alpha value is -1.04. The van der Waals surface area contributed by atoms with Crippen LogP contribution < -0.4 is 10.1 Å². The number of methoxy groups -OCH3 is 1. The lowest BCUT2D eigenvalue weighted by Gasteiger charge is -2.19. The van der Waals surface area contributed by atoms with Gasteiger partial charge in [-0.05, 0) is 41.2 Å². The first kappa shape index (κ1) is 15.4. The van der Waals surface area contributed by atoms with Crippen LogP contribution in [0.15, 0.2) is 52.1 Å². The van der Waals surface area contributed by atoms with Gasteiger partial charge in [0.25, 0.3) is 0 Å². The molecule has 0 saturated heterocycles. The summed E-state index contributed by atoms with van der Waals surface area (Å²) < 4.78 is 6.46. The Labute approximate surface area is 132 Å². The Morgan fingerprint density at radius 3 is 2.80 bits per heavy atom. The molecule has 0 spiro atoms. The van der Waals surface area contributed by atoms with Crippen LogP contribution in [0.25, 0.3) is 0 Å². The van der Waals surface area contributed by atoms with E-state index in [4.69, 9.17) is 4.74 Å². The minimum Gasteiger partial charge on any atom is -0.496 e. The number of nitrogens with zero attached hydrogens (tertiary/aromatic N) is 1. The summed E-state index contributed by atoms with van der Waals surface area (Å²) in [6.45, 7) is 0. The largest absolute Gasteiger partial charge is 0.496 e. The minimum atomic E-state index is 0.213. The molecule has 0 saturated carbocycles. The first-order valence-corrected chi connectivity index (χ1v) is 8.07. The van der Waals surface area contributed by atoms with Gasteiger partial charge in [0, 0.05) is 28.0 Å². The van der Waals surface area contributed by atoms with Gasteiger partial charge in [-0.25, -0.2) is 4.98 Å². The molecule has 0 amide bonds. The van der Waals surface area contributed by atoms with Crippen molar-refractivity contribution >= 4 is 27.7 Å². The molecule has 0 aliphatic rings. The average Bonchev–Trinajstić information content (AvgIpc) is 2.50. The molecule has 0 bridgehead atoms. The Kier molecular flexibility index (Phi) is 5.88. The number of rotatable bonds is 6. The molecule has 106 valence electrons. The number of benzene rings is 1. The van der Waals surface area contributed by atoms with Crippen molar-refractivity contribution in [2.45, 2.75) is 11.1 Å². The quantitative estimate of drug-likeness (QED) is 0.799. The fourth-order valence-electron chi connectivity index (χ4n) is 1.92. The normalized spacial score (nSPS) is 12.2. The van der Waals surface area contributed by atoms with Crippen LogP contribution >= 0.6 is 27.7 Å². The maximum atomic E-state index is 5.43. The van der Waals surface area contributed by atoms with Crippen LogP contribution in [0, 0.1) is 0 Å². The van der Waals surface area contributed by atoms with Crippen LogP contribution in [0.1, 0.15) is 11.6 Å². The fourth-order valence-corrected chi connectivity index (χ4v) is 3.53. The summed E-state index contributed by atoms with van der Waals surface area (Å²) in [6, 6.07) is 12.2. The third-order valence-electron chi connectivity index (χ3n) is 2.97. The van der Waals surface area contributed by atoms with E-state index in [0.29, 0.717) is 0 Å². The van der Waals surface area contributed by atoms with Crippen LogP contribution in [0.2, 0.25) is 0 Å². The fraction of sp³-hybridized carbons (Fsp3) is 0.267. The maximum absolute atomic E-state index is 5.43. The summed E-state index contributed by atoms with van der Waals surface area (Å²) in [6.07, 6.45) is 1.81. The molecule has 2 aromatic rings. The molecular weight excluding hydrogens is 336 g/mol. The zero-order chi connectivity index (χ0) is 14.4. The molecule has 1 atom stereocenters. The van der Waals surface area contributed by atoms with Gasteiger partial charge in [0.2, 0.25) is 0 Å². The second-order valence-corrected chi connectivity index (χ2v) is 6.05. The summed E-state index contributed by atoms with van der Waals surface area (Å²) >= 11 is 5.24. The summed E-state index contributed by atoms with van der Waals surface area (Å²) in [5.41, 5.74) is 1.16. The molecule has 0 radical (unpaired) electrons. The second kappa shape index (κ2) is 7.67. The number of hydrogen-bond donors (Lipinski definition) is 1. The Morgan fingerprint density at radius 2 is 2.10 bits per heavy atom. The van der Waals surface area contributed by atoms with Crippen molar-refractivity contribution in [1.29, 1.82) is 0 Å². The lowest BCUT2D eigenvalue weighted by molar-refractivity contribution is 0.404. The van der Waals surface area contributed by atoms with E-state index in [1.807, 2.05) is 43.6 Å². The van der Waals surface area contributed by atoms with Crippen LogP contribution in [0.5, 0.6) is 5.75 Å². The minimum absolute atomic E-state index is 0.213. The van der Waals surface area contributed by atoms with E-state index >= 15 is 0 Å². The Bertz CT molecular complexity index is 565. The highest BCUT2D eigenvalue weighted by atomic mass is 79.9. The predicted molar refractivity (Wildman–Crippen MR) is 87.5 cm³/mol. The highest BCUT2D eigenvalue weighted by Gasteiger charge is 2.15. The second-order valence-electron chi connectivity index (χ2n) is 4.18. The van der Waals surface area contributed by atoms with Gasteiger partial charge in [0.05, 0.1) is 7.11 Å². The Morgan fingerprint density at radius 1 is 1.30 bits per heavy atom. The summed E-state index contributed by atoms with van der Waals surface area (Å²) in [7, 11) is 3.67. The van der Waals surface area contributed by atoms with Gasteiger partial charge in [0.15, 0.2) is 0 Å². The number of ether oxygens (including phenoxy) is 1. The first-order valence-electron chi connectivity index (χ1n) is 6.29. The number of aromatic nitrogens is 1. The van der Waals surface area contributed by atoms with E-state index in [9.17, 15) is 0 Å². The zero-order valence-electron chi connectivity index (χ0n) is 11.5. The van der Waals surface area contributed by atoms with E-state index in [0.717, 1.165) is 26.6 Å². The van der Waals surface area contributed by atoms with Crippen LogP contribution in [0.3, 0.4) is 0 Å². The number of pyridine rings is 1. The lowest BCUT2D eigenvalue weighted by Crippen LogP contribution is -2.19. The van der Waals surface area contributed by atoms with Gasteiger partial charge in [-0.1, -0.05) is 18.2 Å². The Balaban J connectivity index is 2.11. The number of hydrogen-bond acceptors (Lipinski definition) is 4. The molecule has 5 heteroatoms. The van der Waals surface area contributed by atoms with Crippen molar-refractivity contribution in [2.24, 2.45) is 0 Å². The number of thioether (sulfide) groups is 1. The molecule has 20 heavy (non-hydrogen) atoms. The molecule has 3 nitrogen and oxygen atoms in total. The van der Waals surface area contributed by atoms with Crippen molar-refractivity contribution < 1.29 is 4.74 Å².